The Labute approximate surface area is 164 Å². The van der Waals surface area contributed by atoms with Gasteiger partial charge in [0.25, 0.3) is 5.91 Å². The number of amides is 1. The molecule has 6 nitrogen and oxygen atoms in total. The van der Waals surface area contributed by atoms with Gasteiger partial charge in [0.2, 0.25) is 0 Å². The summed E-state index contributed by atoms with van der Waals surface area (Å²) in [6.07, 6.45) is 1.64. The maximum atomic E-state index is 12.7. The number of nitrogens with one attached hydrogen (secondary N) is 1. The molecule has 2 aromatic carbocycles. The van der Waals surface area contributed by atoms with Crippen LogP contribution in [0.5, 0.6) is 11.5 Å². The second-order valence-electron chi connectivity index (χ2n) is 6.01. The van der Waals surface area contributed by atoms with Crippen LogP contribution >= 0.6 is 0 Å². The predicted molar refractivity (Wildman–Crippen MR) is 111 cm³/mol. The smallest absolute Gasteiger partial charge is 0.255 e. The van der Waals surface area contributed by atoms with Gasteiger partial charge >= 0.3 is 0 Å². The number of nitrogens with zero attached hydrogens (tertiary/aromatic N) is 2. The van der Waals surface area contributed by atoms with Gasteiger partial charge in [0.15, 0.2) is 11.5 Å². The van der Waals surface area contributed by atoms with E-state index in [-0.39, 0.29) is 5.91 Å². The first kappa shape index (κ1) is 19.2. The van der Waals surface area contributed by atoms with Crippen molar-refractivity contribution in [3.63, 3.8) is 0 Å². The second kappa shape index (κ2) is 8.90. The molecule has 0 spiro atoms. The lowest BCUT2D eigenvalue weighted by atomic mass is 10.2. The number of rotatable bonds is 7. The fourth-order valence-electron chi connectivity index (χ4n) is 2.91. The van der Waals surface area contributed by atoms with E-state index in [9.17, 15) is 4.79 Å². The number of hydrogen-bond donors (Lipinski definition) is 1. The summed E-state index contributed by atoms with van der Waals surface area (Å²) >= 11 is 0. The van der Waals surface area contributed by atoms with Crippen LogP contribution in [-0.2, 0) is 0 Å². The molecule has 0 bridgehead atoms. The molecule has 6 heteroatoms. The van der Waals surface area contributed by atoms with E-state index in [0.29, 0.717) is 28.6 Å². The van der Waals surface area contributed by atoms with E-state index in [4.69, 9.17) is 9.47 Å². The monoisotopic (exact) mass is 377 g/mol. The van der Waals surface area contributed by atoms with Gasteiger partial charge in [-0.25, -0.2) is 4.98 Å². The van der Waals surface area contributed by atoms with Crippen molar-refractivity contribution in [3.05, 3.63) is 72.4 Å². The first-order chi connectivity index (χ1) is 13.7. The van der Waals surface area contributed by atoms with Gasteiger partial charge in [0.1, 0.15) is 5.82 Å². The number of anilines is 3. The molecular weight excluding hydrogens is 354 g/mol. The molecule has 1 amide bonds. The molecule has 0 atom stereocenters. The van der Waals surface area contributed by atoms with Crippen LogP contribution in [0.1, 0.15) is 17.3 Å². The topological polar surface area (TPSA) is 63.7 Å². The molecule has 0 aliphatic heterocycles. The minimum Gasteiger partial charge on any atom is -0.493 e. The highest BCUT2D eigenvalue weighted by Gasteiger charge is 2.13. The Bertz CT molecular complexity index is 945. The molecule has 0 saturated heterocycles. The van der Waals surface area contributed by atoms with Gasteiger partial charge in [0, 0.05) is 35.7 Å². The zero-order valence-electron chi connectivity index (χ0n) is 16.2. The summed E-state index contributed by atoms with van der Waals surface area (Å²) in [5.41, 5.74) is 2.17. The Morgan fingerprint density at radius 1 is 1.00 bits per heavy atom. The number of benzene rings is 2. The molecule has 0 saturated carbocycles. The van der Waals surface area contributed by atoms with Crippen molar-refractivity contribution in [1.29, 1.82) is 0 Å². The molecule has 28 heavy (non-hydrogen) atoms. The van der Waals surface area contributed by atoms with E-state index in [0.717, 1.165) is 12.2 Å². The Kier molecular flexibility index (Phi) is 6.11. The van der Waals surface area contributed by atoms with Gasteiger partial charge in [-0.1, -0.05) is 18.2 Å². The molecule has 0 fully saturated rings. The van der Waals surface area contributed by atoms with Crippen molar-refractivity contribution in [2.45, 2.75) is 6.92 Å². The van der Waals surface area contributed by atoms with Crippen LogP contribution in [0.25, 0.3) is 0 Å². The minimum absolute atomic E-state index is 0.222. The van der Waals surface area contributed by atoms with Crippen LogP contribution < -0.4 is 19.7 Å². The van der Waals surface area contributed by atoms with Crippen molar-refractivity contribution in [3.8, 4) is 11.5 Å². The first-order valence-electron chi connectivity index (χ1n) is 8.98. The lowest BCUT2D eigenvalue weighted by molar-refractivity contribution is 0.102. The zero-order valence-corrected chi connectivity index (χ0v) is 16.2. The molecular formula is C22H23N3O3. The van der Waals surface area contributed by atoms with E-state index in [1.807, 2.05) is 42.2 Å². The van der Waals surface area contributed by atoms with Gasteiger partial charge in [-0.05, 0) is 43.3 Å². The first-order valence-corrected chi connectivity index (χ1v) is 8.98. The molecule has 0 aliphatic carbocycles. The van der Waals surface area contributed by atoms with Gasteiger partial charge in [-0.2, -0.15) is 0 Å². The molecule has 1 N–H and O–H groups in total. The lowest BCUT2D eigenvalue weighted by Crippen LogP contribution is -2.19. The van der Waals surface area contributed by atoms with Crippen molar-refractivity contribution in [2.75, 3.05) is 31.0 Å². The Balaban J connectivity index is 1.82. The van der Waals surface area contributed by atoms with Crippen LogP contribution in [0.2, 0.25) is 0 Å². The number of carbonyl (C=O) groups is 1. The maximum Gasteiger partial charge on any atom is 0.255 e. The lowest BCUT2D eigenvalue weighted by Gasteiger charge is -2.22. The molecule has 0 unspecified atom stereocenters. The quantitative estimate of drug-likeness (QED) is 0.656. The third kappa shape index (κ3) is 4.23. The normalized spacial score (nSPS) is 10.2. The van der Waals surface area contributed by atoms with Crippen molar-refractivity contribution < 1.29 is 14.3 Å². The zero-order chi connectivity index (χ0) is 19.9. The number of aromatic nitrogens is 1. The Morgan fingerprint density at radius 3 is 2.43 bits per heavy atom. The van der Waals surface area contributed by atoms with E-state index in [1.165, 1.54) is 0 Å². The maximum absolute atomic E-state index is 12.7. The summed E-state index contributed by atoms with van der Waals surface area (Å²) in [5.74, 6) is 1.65. The molecule has 1 heterocycles. The van der Waals surface area contributed by atoms with Gasteiger partial charge in [0.05, 0.1) is 14.2 Å². The third-order valence-corrected chi connectivity index (χ3v) is 4.31. The molecule has 144 valence electrons. The number of pyridine rings is 1. The third-order valence-electron chi connectivity index (χ3n) is 4.31. The molecule has 3 aromatic rings. The van der Waals surface area contributed by atoms with Crippen LogP contribution in [0.4, 0.5) is 17.2 Å². The van der Waals surface area contributed by atoms with Crippen molar-refractivity contribution >= 4 is 23.1 Å². The van der Waals surface area contributed by atoms with E-state index in [2.05, 4.69) is 10.3 Å². The highest BCUT2D eigenvalue weighted by atomic mass is 16.5. The number of hydrogen-bond acceptors (Lipinski definition) is 5. The molecule has 3 rings (SSSR count). The summed E-state index contributed by atoms with van der Waals surface area (Å²) < 4.78 is 10.5. The van der Waals surface area contributed by atoms with Crippen LogP contribution in [0.3, 0.4) is 0 Å². The minimum atomic E-state index is -0.222. The largest absolute Gasteiger partial charge is 0.493 e. The Hall–Kier alpha value is -3.54. The predicted octanol–water partition coefficient (Wildman–Crippen LogP) is 4.51. The van der Waals surface area contributed by atoms with Crippen LogP contribution in [0, 0.1) is 0 Å². The summed E-state index contributed by atoms with van der Waals surface area (Å²) in [6, 6.07) is 18.7. The number of ether oxygens (including phenoxy) is 2. The molecule has 0 radical (unpaired) electrons. The van der Waals surface area contributed by atoms with E-state index >= 15 is 0 Å². The summed E-state index contributed by atoms with van der Waals surface area (Å²) in [6.45, 7) is 2.78. The van der Waals surface area contributed by atoms with E-state index < -0.39 is 0 Å². The Morgan fingerprint density at radius 2 is 1.75 bits per heavy atom. The number of methoxy groups -OCH3 is 2. The number of para-hydroxylation sites is 1. The van der Waals surface area contributed by atoms with Crippen LogP contribution in [-0.4, -0.2) is 31.7 Å². The standard InChI is InChI=1S/C22H23N3O3/c1-4-25(18-8-6-5-7-9-18)21-14-16(12-13-23-21)22(26)24-17-10-11-19(27-2)20(15-17)28-3/h5-15H,4H2,1-3H3,(H,24,26). The van der Waals surface area contributed by atoms with E-state index in [1.54, 1.807) is 50.7 Å². The average Bonchev–Trinajstić information content (AvgIpc) is 2.75. The SMILES string of the molecule is CCN(c1ccccc1)c1cc(C(=O)Nc2ccc(OC)c(OC)c2)ccn1. The van der Waals surface area contributed by atoms with Gasteiger partial charge in [-0.15, -0.1) is 0 Å². The van der Waals surface area contributed by atoms with Crippen molar-refractivity contribution in [1.82, 2.24) is 4.98 Å². The molecule has 0 aliphatic rings. The molecule has 1 aromatic heterocycles. The highest BCUT2D eigenvalue weighted by molar-refractivity contribution is 6.04. The van der Waals surface area contributed by atoms with Crippen LogP contribution in [0.15, 0.2) is 66.9 Å². The summed E-state index contributed by atoms with van der Waals surface area (Å²) in [7, 11) is 3.13. The number of carbonyl (C=O) groups excluding carboxylic acids is 1. The summed E-state index contributed by atoms with van der Waals surface area (Å²) in [4.78, 5) is 19.2. The second-order valence-corrected chi connectivity index (χ2v) is 6.01. The average molecular weight is 377 g/mol. The van der Waals surface area contributed by atoms with Gasteiger partial charge < -0.3 is 19.7 Å². The van der Waals surface area contributed by atoms with Crippen molar-refractivity contribution in [2.24, 2.45) is 0 Å². The fourth-order valence-corrected chi connectivity index (χ4v) is 2.91. The summed E-state index contributed by atoms with van der Waals surface area (Å²) in [5, 5.41) is 2.89. The highest BCUT2D eigenvalue weighted by Crippen LogP contribution is 2.30. The fraction of sp³-hybridized carbons (Fsp3) is 0.182. The van der Waals surface area contributed by atoms with Gasteiger partial charge in [-0.3, -0.25) is 4.79 Å².